The second-order valence-electron chi connectivity index (χ2n) is 17.5. The largest absolute Gasteiger partial charge is 0.466 e. The van der Waals surface area contributed by atoms with E-state index < -0.39 is 12.1 Å². The van der Waals surface area contributed by atoms with E-state index in [0.29, 0.717) is 25.9 Å². The van der Waals surface area contributed by atoms with E-state index in [1.54, 1.807) is 0 Å². The number of esters is 1. The summed E-state index contributed by atoms with van der Waals surface area (Å²) in [6.07, 6.45) is 50.7. The number of hydrogen-bond donors (Lipinski definition) is 3. The molecule has 0 aromatic heterocycles. The van der Waals surface area contributed by atoms with Gasteiger partial charge in [0, 0.05) is 12.8 Å². The summed E-state index contributed by atoms with van der Waals surface area (Å²) in [5.41, 5.74) is 0. The smallest absolute Gasteiger partial charge is 0.305 e. The molecule has 0 fully saturated rings. The second kappa shape index (κ2) is 46.5. The van der Waals surface area contributed by atoms with E-state index >= 15 is 0 Å². The van der Waals surface area contributed by atoms with Crippen molar-refractivity contribution in [3.8, 4) is 0 Å². The van der Waals surface area contributed by atoms with Crippen molar-refractivity contribution in [2.45, 2.75) is 296 Å². The van der Waals surface area contributed by atoms with E-state index in [9.17, 15) is 19.8 Å². The summed E-state index contributed by atoms with van der Waals surface area (Å²) in [5.74, 6) is -0.0350. The van der Waals surface area contributed by atoms with Gasteiger partial charge in [0.1, 0.15) is 0 Å². The normalized spacial score (nSPS) is 12.6. The Kier molecular flexibility index (Phi) is 45.6. The van der Waals surface area contributed by atoms with E-state index in [2.05, 4.69) is 19.2 Å². The molecule has 0 aliphatic carbocycles. The Morgan fingerprint density at radius 2 is 0.732 bits per heavy atom. The number of ether oxygens (including phenoxy) is 1. The third-order valence-corrected chi connectivity index (χ3v) is 11.9. The Balaban J connectivity index is 3.39. The molecule has 6 nitrogen and oxygen atoms in total. The first-order valence-electron chi connectivity index (χ1n) is 25.3. The zero-order chi connectivity index (χ0) is 40.8. The highest BCUT2D eigenvalue weighted by molar-refractivity contribution is 5.76. The lowest BCUT2D eigenvalue weighted by Gasteiger charge is -2.22. The molecule has 0 saturated carbocycles. The van der Waals surface area contributed by atoms with Gasteiger partial charge >= 0.3 is 5.97 Å². The number of carbonyl (C=O) groups excluding carboxylic acids is 2. The van der Waals surface area contributed by atoms with Gasteiger partial charge in [-0.3, -0.25) is 9.59 Å². The summed E-state index contributed by atoms with van der Waals surface area (Å²) in [5, 5.41) is 23.1. The summed E-state index contributed by atoms with van der Waals surface area (Å²) < 4.78 is 5.45. The molecule has 0 spiro atoms. The Hall–Kier alpha value is -1.14. The van der Waals surface area contributed by atoms with Gasteiger partial charge in [0.2, 0.25) is 5.91 Å². The number of rotatable bonds is 47. The van der Waals surface area contributed by atoms with Crippen molar-refractivity contribution in [1.29, 1.82) is 0 Å². The molecule has 0 heterocycles. The van der Waals surface area contributed by atoms with Crippen molar-refractivity contribution in [1.82, 2.24) is 5.32 Å². The van der Waals surface area contributed by atoms with Gasteiger partial charge in [-0.2, -0.15) is 0 Å². The first kappa shape index (κ1) is 54.9. The van der Waals surface area contributed by atoms with E-state index in [0.717, 1.165) is 38.5 Å². The summed E-state index contributed by atoms with van der Waals surface area (Å²) in [4.78, 5) is 24.4. The fourth-order valence-electron chi connectivity index (χ4n) is 7.99. The maximum absolute atomic E-state index is 12.4. The molecule has 56 heavy (non-hydrogen) atoms. The summed E-state index contributed by atoms with van der Waals surface area (Å²) in [6.45, 7) is 4.93. The minimum atomic E-state index is -0.664. The number of unbranched alkanes of at least 4 members (excludes halogenated alkanes) is 36. The molecule has 0 radical (unpaired) electrons. The molecule has 0 aliphatic rings. The number of aliphatic hydroxyl groups is 2. The minimum Gasteiger partial charge on any atom is -0.466 e. The third-order valence-electron chi connectivity index (χ3n) is 11.9. The first-order chi connectivity index (χ1) is 27.5. The number of hydrogen-bond acceptors (Lipinski definition) is 5. The van der Waals surface area contributed by atoms with Gasteiger partial charge in [0.05, 0.1) is 25.4 Å². The van der Waals surface area contributed by atoms with Gasteiger partial charge < -0.3 is 20.3 Å². The van der Waals surface area contributed by atoms with Crippen LogP contribution in [0.4, 0.5) is 0 Å². The number of nitrogens with one attached hydrogen (secondary N) is 1. The molecule has 1 amide bonds. The summed E-state index contributed by atoms with van der Waals surface area (Å²) in [6, 6.07) is -0.542. The van der Waals surface area contributed by atoms with Gasteiger partial charge in [-0.15, -0.1) is 0 Å². The molecular weight excluding hydrogens is 695 g/mol. The predicted molar refractivity (Wildman–Crippen MR) is 241 cm³/mol. The highest BCUT2D eigenvalue weighted by atomic mass is 16.5. The number of amides is 1. The molecular formula is C50H99NO5. The van der Waals surface area contributed by atoms with Crippen LogP contribution in [-0.2, 0) is 14.3 Å². The van der Waals surface area contributed by atoms with E-state index in [1.165, 1.54) is 212 Å². The number of carbonyl (C=O) groups is 2. The molecule has 0 saturated heterocycles. The van der Waals surface area contributed by atoms with Gasteiger partial charge in [0.25, 0.3) is 0 Å². The van der Waals surface area contributed by atoms with Crippen molar-refractivity contribution in [2.24, 2.45) is 0 Å². The average Bonchev–Trinajstić information content (AvgIpc) is 3.20. The summed E-state index contributed by atoms with van der Waals surface area (Å²) >= 11 is 0. The molecule has 0 bridgehead atoms. The Morgan fingerprint density at radius 3 is 1.09 bits per heavy atom. The van der Waals surface area contributed by atoms with Gasteiger partial charge in [-0.25, -0.2) is 0 Å². The maximum atomic E-state index is 12.4. The fraction of sp³-hybridized carbons (Fsp3) is 0.960. The van der Waals surface area contributed by atoms with Crippen LogP contribution in [0.5, 0.6) is 0 Å². The Bertz CT molecular complexity index is 791. The first-order valence-corrected chi connectivity index (χ1v) is 25.3. The van der Waals surface area contributed by atoms with Crippen molar-refractivity contribution < 1.29 is 24.5 Å². The lowest BCUT2D eigenvalue weighted by atomic mass is 10.0. The minimum absolute atomic E-state index is 0.00528. The summed E-state index contributed by atoms with van der Waals surface area (Å²) in [7, 11) is 0. The van der Waals surface area contributed by atoms with Crippen molar-refractivity contribution in [2.75, 3.05) is 13.2 Å². The zero-order valence-corrected chi connectivity index (χ0v) is 37.9. The van der Waals surface area contributed by atoms with Crippen molar-refractivity contribution in [3.63, 3.8) is 0 Å². The van der Waals surface area contributed by atoms with Crippen molar-refractivity contribution in [3.05, 3.63) is 0 Å². The lowest BCUT2D eigenvalue weighted by Crippen LogP contribution is -2.45. The third kappa shape index (κ3) is 42.5. The quantitative estimate of drug-likeness (QED) is 0.0421. The van der Waals surface area contributed by atoms with Crippen LogP contribution >= 0.6 is 0 Å². The molecule has 2 unspecified atom stereocenters. The van der Waals surface area contributed by atoms with Gasteiger partial charge in [-0.1, -0.05) is 245 Å². The zero-order valence-electron chi connectivity index (χ0n) is 37.9. The van der Waals surface area contributed by atoms with Gasteiger partial charge in [0.15, 0.2) is 0 Å². The van der Waals surface area contributed by atoms with E-state index in [1.807, 2.05) is 0 Å². The molecule has 0 aromatic carbocycles. The molecule has 334 valence electrons. The van der Waals surface area contributed by atoms with E-state index in [4.69, 9.17) is 4.74 Å². The molecule has 2 atom stereocenters. The maximum Gasteiger partial charge on any atom is 0.305 e. The molecule has 0 aliphatic heterocycles. The average molecular weight is 794 g/mol. The van der Waals surface area contributed by atoms with Crippen LogP contribution in [0.2, 0.25) is 0 Å². The van der Waals surface area contributed by atoms with Crippen LogP contribution in [0.1, 0.15) is 284 Å². The topological polar surface area (TPSA) is 95.9 Å². The number of aliphatic hydroxyl groups excluding tert-OH is 2. The standard InChI is InChI=1S/C50H99NO5/c1-3-5-7-9-11-13-22-26-30-34-38-42-48(53)47(46-52)51-49(54)43-39-35-31-27-24-20-18-16-15-17-19-21-25-29-33-37-41-45-56-50(55)44-40-36-32-28-23-14-12-10-8-6-4-2/h47-48,52-53H,3-46H2,1-2H3,(H,51,54). The van der Waals surface area contributed by atoms with Gasteiger partial charge in [-0.05, 0) is 25.7 Å². The molecule has 0 aromatic rings. The molecule has 6 heteroatoms. The highest BCUT2D eigenvalue weighted by Gasteiger charge is 2.20. The monoisotopic (exact) mass is 794 g/mol. The van der Waals surface area contributed by atoms with Crippen LogP contribution in [-0.4, -0.2) is 47.4 Å². The predicted octanol–water partition coefficient (Wildman–Crippen LogP) is 14.8. The van der Waals surface area contributed by atoms with Crippen LogP contribution in [0, 0.1) is 0 Å². The SMILES string of the molecule is CCCCCCCCCCCCCC(=O)OCCCCCCCCCCCCCCCCCCCC(=O)NC(CO)C(O)CCCCCCCCCCCCC. The Labute approximate surface area is 349 Å². The second-order valence-corrected chi connectivity index (χ2v) is 17.5. The fourth-order valence-corrected chi connectivity index (χ4v) is 7.99. The lowest BCUT2D eigenvalue weighted by molar-refractivity contribution is -0.143. The molecule has 0 rings (SSSR count). The Morgan fingerprint density at radius 1 is 0.429 bits per heavy atom. The van der Waals surface area contributed by atoms with Crippen LogP contribution < -0.4 is 5.32 Å². The van der Waals surface area contributed by atoms with Crippen LogP contribution in [0.15, 0.2) is 0 Å². The molecule has 3 N–H and O–H groups in total. The van der Waals surface area contributed by atoms with Crippen LogP contribution in [0.25, 0.3) is 0 Å². The van der Waals surface area contributed by atoms with E-state index in [-0.39, 0.29) is 18.5 Å². The van der Waals surface area contributed by atoms with Crippen molar-refractivity contribution >= 4 is 11.9 Å². The van der Waals surface area contributed by atoms with Crippen LogP contribution in [0.3, 0.4) is 0 Å². The highest BCUT2D eigenvalue weighted by Crippen LogP contribution is 2.17.